The van der Waals surface area contributed by atoms with Crippen LogP contribution in [0.25, 0.3) is 0 Å². The van der Waals surface area contributed by atoms with E-state index >= 15 is 0 Å². The minimum atomic E-state index is -0.313. The van der Waals surface area contributed by atoms with Crippen LogP contribution in [-0.4, -0.2) is 112 Å². The number of hydrogen-bond acceptors (Lipinski definition) is 11. The van der Waals surface area contributed by atoms with Crippen molar-refractivity contribution < 1.29 is 23.9 Å². The van der Waals surface area contributed by atoms with Crippen molar-refractivity contribution in [2.75, 3.05) is 72.1 Å². The number of hydrogen-bond donors (Lipinski definition) is 4. The third-order valence-corrected chi connectivity index (χ3v) is 11.9. The summed E-state index contributed by atoms with van der Waals surface area (Å²) < 4.78 is 10.2. The van der Waals surface area contributed by atoms with Crippen LogP contribution in [0.5, 0.6) is 0 Å². The summed E-state index contributed by atoms with van der Waals surface area (Å²) in [4.78, 5) is 40.4. The molecule has 6 aliphatic rings. The van der Waals surface area contributed by atoms with Crippen LogP contribution in [0.1, 0.15) is 120 Å². The number of aryl methyl sites for hydroxylation is 1. The van der Waals surface area contributed by atoms with Gasteiger partial charge in [-0.2, -0.15) is 0 Å². The molecule has 11 nitrogen and oxygen atoms in total. The largest absolute Gasteiger partial charge is 0.465 e. The lowest BCUT2D eigenvalue weighted by Crippen LogP contribution is -2.44. The zero-order valence-electron chi connectivity index (χ0n) is 34.5. The number of rotatable bonds is 8. The molecule has 0 amide bonds. The van der Waals surface area contributed by atoms with Crippen LogP contribution in [0.3, 0.4) is 0 Å². The molecule has 2 aliphatic carbocycles. The number of piperazine rings is 1. The number of piperidine rings is 2. The highest BCUT2D eigenvalue weighted by atomic mass is 16.5. The maximum atomic E-state index is 11.9. The Hall–Kier alpha value is -2.96. The summed E-state index contributed by atoms with van der Waals surface area (Å²) in [6.07, 6.45) is 21.7. The number of Topliss-reactive ketones (excluding diaryl/α,β-unsaturated/α-hetero) is 1. The van der Waals surface area contributed by atoms with E-state index in [1.54, 1.807) is 17.8 Å². The molecule has 0 bridgehead atoms. The van der Waals surface area contributed by atoms with Gasteiger partial charge in [-0.15, -0.1) is 0 Å². The number of carbonyl (C=O) groups is 3. The van der Waals surface area contributed by atoms with Crippen molar-refractivity contribution in [2.45, 2.75) is 123 Å². The SMILES string of the molecule is CC(=O)OCCN1CCNCC1.CC1=CCC2(CCNCC2)CC1.CC1=CC[C@H](CC(=O)[C@@H]2CCCN2)CC1.Cc1ccc(C(=O)OC2CCNCC2)nc1. The number of allylic oxidation sites excluding steroid dienone is 4. The average molecular weight is 765 g/mol. The average Bonchev–Trinajstić information content (AvgIpc) is 3.75. The van der Waals surface area contributed by atoms with Crippen LogP contribution in [0.2, 0.25) is 0 Å². The summed E-state index contributed by atoms with van der Waals surface area (Å²) in [5.74, 6) is 0.561. The number of nitrogens with one attached hydrogen (secondary N) is 4. The molecule has 1 aromatic heterocycles. The first-order valence-corrected chi connectivity index (χ1v) is 21.3. The lowest BCUT2D eigenvalue weighted by atomic mass is 9.69. The van der Waals surface area contributed by atoms with Gasteiger partial charge in [0.2, 0.25) is 0 Å². The Kier molecular flexibility index (Phi) is 20.0. The topological polar surface area (TPSA) is 134 Å². The van der Waals surface area contributed by atoms with Crippen LogP contribution < -0.4 is 21.3 Å². The summed E-state index contributed by atoms with van der Waals surface area (Å²) in [5.41, 5.74) is 5.24. The van der Waals surface area contributed by atoms with Crippen molar-refractivity contribution in [3.8, 4) is 0 Å². The van der Waals surface area contributed by atoms with Gasteiger partial charge in [0.15, 0.2) is 0 Å². The van der Waals surface area contributed by atoms with E-state index in [1.165, 1.54) is 77.0 Å². The molecule has 5 heterocycles. The standard InChI is InChI=1S/C13H21NO.C12H16N2O2.C11H19N.C8H16N2O2/c1-10-4-6-11(7-5-10)9-13(15)12-3-2-8-14-12;1-9-2-3-11(14-8-9)12(15)16-10-4-6-13-7-5-10;1-10-2-4-11(5-3-10)6-8-12-9-7-11;1-8(11)12-7-6-10-4-2-9-3-5-10/h4,11-12,14H,2-3,5-9H2,1H3;2-3,8,10,13H,4-7H2,1H3;2,12H,3-9H2,1H3;9H,2-7H2,1H3/t11-,12-;;;/m0.../s1. The fourth-order valence-electron chi connectivity index (χ4n) is 8.03. The summed E-state index contributed by atoms with van der Waals surface area (Å²) >= 11 is 0. The van der Waals surface area contributed by atoms with Gasteiger partial charge in [-0.05, 0) is 154 Å². The lowest BCUT2D eigenvalue weighted by molar-refractivity contribution is -0.141. The molecule has 4 saturated heterocycles. The smallest absolute Gasteiger partial charge is 0.357 e. The highest BCUT2D eigenvalue weighted by Crippen LogP contribution is 2.42. The highest BCUT2D eigenvalue weighted by Gasteiger charge is 2.32. The number of aromatic nitrogens is 1. The van der Waals surface area contributed by atoms with E-state index < -0.39 is 0 Å². The zero-order chi connectivity index (χ0) is 39.3. The molecule has 4 N–H and O–H groups in total. The van der Waals surface area contributed by atoms with E-state index in [9.17, 15) is 14.4 Å². The number of ether oxygens (including phenoxy) is 2. The van der Waals surface area contributed by atoms with Gasteiger partial charge in [0.1, 0.15) is 24.2 Å². The molecule has 0 unspecified atom stereocenters. The molecule has 4 aliphatic heterocycles. The third-order valence-electron chi connectivity index (χ3n) is 11.9. The predicted octanol–water partition coefficient (Wildman–Crippen LogP) is 5.68. The van der Waals surface area contributed by atoms with Gasteiger partial charge in [-0.25, -0.2) is 9.78 Å². The quantitative estimate of drug-likeness (QED) is 0.193. The highest BCUT2D eigenvalue weighted by molar-refractivity contribution is 5.87. The monoisotopic (exact) mass is 765 g/mol. The van der Waals surface area contributed by atoms with Crippen molar-refractivity contribution in [3.63, 3.8) is 0 Å². The molecule has 7 rings (SSSR count). The van der Waals surface area contributed by atoms with Gasteiger partial charge in [0, 0.05) is 52.3 Å². The van der Waals surface area contributed by atoms with Crippen LogP contribution in [0.4, 0.5) is 0 Å². The molecule has 0 radical (unpaired) electrons. The number of nitrogens with zero attached hydrogens (tertiary/aromatic N) is 2. The van der Waals surface area contributed by atoms with Crippen LogP contribution >= 0.6 is 0 Å². The Morgan fingerprint density at radius 2 is 1.55 bits per heavy atom. The number of esters is 2. The molecule has 2 atom stereocenters. The zero-order valence-corrected chi connectivity index (χ0v) is 34.5. The summed E-state index contributed by atoms with van der Waals surface area (Å²) in [6, 6.07) is 3.75. The van der Waals surface area contributed by atoms with Gasteiger partial charge in [0.25, 0.3) is 0 Å². The van der Waals surface area contributed by atoms with Gasteiger partial charge < -0.3 is 30.7 Å². The second-order valence-electron chi connectivity index (χ2n) is 16.5. The fourth-order valence-corrected chi connectivity index (χ4v) is 8.03. The number of pyridine rings is 1. The Morgan fingerprint density at radius 3 is 2.15 bits per heavy atom. The van der Waals surface area contributed by atoms with Gasteiger partial charge in [-0.1, -0.05) is 29.4 Å². The minimum Gasteiger partial charge on any atom is -0.465 e. The molecule has 1 aromatic rings. The Bertz CT molecular complexity index is 1360. The summed E-state index contributed by atoms with van der Waals surface area (Å²) in [7, 11) is 0. The normalized spacial score (nSPS) is 23.9. The maximum Gasteiger partial charge on any atom is 0.357 e. The first-order valence-electron chi connectivity index (χ1n) is 21.3. The number of ketones is 1. The Labute approximate surface area is 331 Å². The molecule has 55 heavy (non-hydrogen) atoms. The predicted molar refractivity (Wildman–Crippen MR) is 220 cm³/mol. The van der Waals surface area contributed by atoms with E-state index in [1.807, 2.05) is 13.0 Å². The summed E-state index contributed by atoms with van der Waals surface area (Å²) in [5, 5.41) is 13.2. The van der Waals surface area contributed by atoms with Crippen molar-refractivity contribution >= 4 is 17.7 Å². The molecule has 0 saturated carbocycles. The second-order valence-corrected chi connectivity index (χ2v) is 16.5. The van der Waals surface area contributed by atoms with E-state index in [4.69, 9.17) is 9.47 Å². The molecular formula is C44H72N6O5. The van der Waals surface area contributed by atoms with Crippen molar-refractivity contribution in [2.24, 2.45) is 11.3 Å². The third kappa shape index (κ3) is 17.4. The van der Waals surface area contributed by atoms with Gasteiger partial charge in [0.05, 0.1) is 6.04 Å². The molecule has 0 aromatic carbocycles. The van der Waals surface area contributed by atoms with E-state index in [0.717, 1.165) is 90.0 Å². The first kappa shape index (κ1) is 44.8. The van der Waals surface area contributed by atoms with E-state index in [-0.39, 0.29) is 24.1 Å². The second kappa shape index (κ2) is 24.6. The maximum absolute atomic E-state index is 11.9. The van der Waals surface area contributed by atoms with Gasteiger partial charge >= 0.3 is 11.9 Å². The first-order chi connectivity index (χ1) is 26.6. The molecular weight excluding hydrogens is 693 g/mol. The Morgan fingerprint density at radius 1 is 0.836 bits per heavy atom. The molecule has 4 fully saturated rings. The van der Waals surface area contributed by atoms with Gasteiger partial charge in [-0.3, -0.25) is 14.5 Å². The summed E-state index contributed by atoms with van der Waals surface area (Å²) in [6.45, 7) is 18.8. The van der Waals surface area contributed by atoms with E-state index in [2.05, 4.69) is 57.2 Å². The lowest BCUT2D eigenvalue weighted by Gasteiger charge is -2.39. The van der Waals surface area contributed by atoms with Crippen LogP contribution in [0.15, 0.2) is 41.6 Å². The van der Waals surface area contributed by atoms with Crippen LogP contribution in [-0.2, 0) is 19.1 Å². The van der Waals surface area contributed by atoms with Crippen molar-refractivity contribution in [1.29, 1.82) is 0 Å². The van der Waals surface area contributed by atoms with Crippen molar-refractivity contribution in [3.05, 3.63) is 52.9 Å². The number of carbonyl (C=O) groups excluding carboxylic acids is 3. The molecule has 11 heteroatoms. The van der Waals surface area contributed by atoms with Crippen LogP contribution in [0, 0.1) is 18.3 Å². The molecule has 308 valence electrons. The van der Waals surface area contributed by atoms with Crippen molar-refractivity contribution in [1.82, 2.24) is 31.2 Å². The molecule has 1 spiro atoms. The Balaban J connectivity index is 0.000000164. The van der Waals surface area contributed by atoms with E-state index in [0.29, 0.717) is 29.4 Å². The fraction of sp³-hybridized carbons (Fsp3) is 0.727. The minimum absolute atomic E-state index is 0.0388.